The third kappa shape index (κ3) is 4.87. The summed E-state index contributed by atoms with van der Waals surface area (Å²) >= 11 is 3.42. The quantitative estimate of drug-likeness (QED) is 0.858. The zero-order valence-corrected chi connectivity index (χ0v) is 14.6. The number of rotatable bonds is 5. The molecule has 0 saturated carbocycles. The lowest BCUT2D eigenvalue weighted by atomic mass is 9.90. The number of amides is 1. The highest BCUT2D eigenvalue weighted by molar-refractivity contribution is 9.10. The zero-order chi connectivity index (χ0) is 14.6. The number of carbonyl (C=O) groups is 1. The molecule has 1 amide bonds. The molecule has 1 heterocycles. The van der Waals surface area contributed by atoms with Gasteiger partial charge in [0.05, 0.1) is 17.5 Å². The maximum atomic E-state index is 12.1. The first kappa shape index (κ1) is 18.3. The molecule has 1 aliphatic heterocycles. The maximum absolute atomic E-state index is 12.1. The number of nitrogens with two attached hydrogens (primary N) is 1. The second-order valence-corrected chi connectivity index (χ2v) is 6.46. The molecule has 6 heteroatoms. The van der Waals surface area contributed by atoms with E-state index in [-0.39, 0.29) is 23.7 Å². The minimum atomic E-state index is 0. The molecular formula is C15H22BrClN2O2. The lowest BCUT2D eigenvalue weighted by molar-refractivity contribution is -0.131. The average Bonchev–Trinajstić information content (AvgIpc) is 2.84. The van der Waals surface area contributed by atoms with E-state index in [0.717, 1.165) is 29.7 Å². The molecule has 118 valence electrons. The number of benzene rings is 1. The van der Waals surface area contributed by atoms with Gasteiger partial charge in [0.15, 0.2) is 0 Å². The standard InChI is InChI=1S/C15H21BrN2O2.ClH/c1-15(10-17)7-8-18(11-15)14(19)6-9-20-13-5-3-2-4-12(13)16;/h2-5H,6-11,17H2,1H3;1H. The summed E-state index contributed by atoms with van der Waals surface area (Å²) in [6.45, 7) is 4.73. The first-order valence-electron chi connectivity index (χ1n) is 6.89. The van der Waals surface area contributed by atoms with Crippen LogP contribution in [0, 0.1) is 5.41 Å². The van der Waals surface area contributed by atoms with Gasteiger partial charge < -0.3 is 15.4 Å². The van der Waals surface area contributed by atoms with E-state index in [9.17, 15) is 4.79 Å². The van der Waals surface area contributed by atoms with Crippen LogP contribution in [0.5, 0.6) is 5.75 Å². The molecule has 1 aliphatic rings. The molecule has 0 aliphatic carbocycles. The molecular weight excluding hydrogens is 356 g/mol. The molecule has 2 N–H and O–H groups in total. The van der Waals surface area contributed by atoms with E-state index >= 15 is 0 Å². The molecule has 0 spiro atoms. The molecule has 0 aromatic heterocycles. The zero-order valence-electron chi connectivity index (χ0n) is 12.2. The van der Waals surface area contributed by atoms with Gasteiger partial charge in [-0.15, -0.1) is 12.4 Å². The summed E-state index contributed by atoms with van der Waals surface area (Å²) in [5.74, 6) is 0.919. The molecule has 1 aromatic carbocycles. The largest absolute Gasteiger partial charge is 0.492 e. The van der Waals surface area contributed by atoms with E-state index in [0.29, 0.717) is 19.6 Å². The molecule has 0 bridgehead atoms. The van der Waals surface area contributed by atoms with Gasteiger partial charge in [-0.2, -0.15) is 0 Å². The van der Waals surface area contributed by atoms with Gasteiger partial charge in [0.25, 0.3) is 0 Å². The highest BCUT2D eigenvalue weighted by Gasteiger charge is 2.34. The van der Waals surface area contributed by atoms with Crippen molar-refractivity contribution in [2.24, 2.45) is 11.1 Å². The molecule has 0 radical (unpaired) electrons. The Kier molecular flexibility index (Phi) is 6.97. The van der Waals surface area contributed by atoms with Crippen LogP contribution >= 0.6 is 28.3 Å². The summed E-state index contributed by atoms with van der Waals surface area (Å²) in [6, 6.07) is 7.65. The molecule has 1 saturated heterocycles. The van der Waals surface area contributed by atoms with Crippen LogP contribution in [0.25, 0.3) is 0 Å². The summed E-state index contributed by atoms with van der Waals surface area (Å²) in [5, 5.41) is 0. The van der Waals surface area contributed by atoms with Gasteiger partial charge in [-0.3, -0.25) is 4.79 Å². The molecule has 1 unspecified atom stereocenters. The number of hydrogen-bond donors (Lipinski definition) is 1. The lowest BCUT2D eigenvalue weighted by Gasteiger charge is -2.22. The summed E-state index contributed by atoms with van der Waals surface area (Å²) < 4.78 is 6.53. The fraction of sp³-hybridized carbons (Fsp3) is 0.533. The van der Waals surface area contributed by atoms with Gasteiger partial charge in [-0.05, 0) is 46.4 Å². The van der Waals surface area contributed by atoms with Gasteiger partial charge in [-0.25, -0.2) is 0 Å². The Labute approximate surface area is 140 Å². The predicted molar refractivity (Wildman–Crippen MR) is 89.9 cm³/mol. The number of para-hydroxylation sites is 1. The van der Waals surface area contributed by atoms with Crippen LogP contribution in [0.3, 0.4) is 0 Å². The Bertz CT molecular complexity index is 486. The van der Waals surface area contributed by atoms with E-state index in [2.05, 4.69) is 22.9 Å². The van der Waals surface area contributed by atoms with Crippen LogP contribution in [-0.4, -0.2) is 37.0 Å². The van der Waals surface area contributed by atoms with Crippen LogP contribution in [0.2, 0.25) is 0 Å². The van der Waals surface area contributed by atoms with Crippen molar-refractivity contribution in [3.05, 3.63) is 28.7 Å². The van der Waals surface area contributed by atoms with Gasteiger partial charge in [-0.1, -0.05) is 19.1 Å². The predicted octanol–water partition coefficient (Wildman–Crippen LogP) is 2.84. The van der Waals surface area contributed by atoms with Crippen molar-refractivity contribution >= 4 is 34.2 Å². The monoisotopic (exact) mass is 376 g/mol. The van der Waals surface area contributed by atoms with E-state index in [4.69, 9.17) is 10.5 Å². The van der Waals surface area contributed by atoms with Crippen molar-refractivity contribution in [1.29, 1.82) is 0 Å². The third-order valence-electron chi connectivity index (χ3n) is 3.81. The first-order chi connectivity index (χ1) is 9.54. The lowest BCUT2D eigenvalue weighted by Crippen LogP contribution is -2.35. The normalized spacial score (nSPS) is 21.0. The number of nitrogens with zero attached hydrogens (tertiary/aromatic N) is 1. The highest BCUT2D eigenvalue weighted by atomic mass is 79.9. The Balaban J connectivity index is 0.00000220. The Morgan fingerprint density at radius 3 is 2.81 bits per heavy atom. The fourth-order valence-corrected chi connectivity index (χ4v) is 2.77. The smallest absolute Gasteiger partial charge is 0.226 e. The number of ether oxygens (including phenoxy) is 1. The second kappa shape index (κ2) is 8.01. The summed E-state index contributed by atoms with van der Waals surface area (Å²) in [4.78, 5) is 14.0. The van der Waals surface area contributed by atoms with Crippen LogP contribution in [0.15, 0.2) is 28.7 Å². The number of halogens is 2. The summed E-state index contributed by atoms with van der Waals surface area (Å²) in [6.07, 6.45) is 1.39. The van der Waals surface area contributed by atoms with E-state index in [1.165, 1.54) is 0 Å². The SMILES string of the molecule is CC1(CN)CCN(C(=O)CCOc2ccccc2Br)C1.Cl. The highest BCUT2D eigenvalue weighted by Crippen LogP contribution is 2.29. The van der Waals surface area contributed by atoms with Gasteiger partial charge in [0, 0.05) is 13.1 Å². The van der Waals surface area contributed by atoms with Gasteiger partial charge >= 0.3 is 0 Å². The van der Waals surface area contributed by atoms with Crippen molar-refractivity contribution in [2.75, 3.05) is 26.2 Å². The van der Waals surface area contributed by atoms with Crippen molar-refractivity contribution in [3.63, 3.8) is 0 Å². The van der Waals surface area contributed by atoms with Gasteiger partial charge in [0.1, 0.15) is 5.75 Å². The van der Waals surface area contributed by atoms with Crippen LogP contribution in [0.1, 0.15) is 19.8 Å². The molecule has 2 rings (SSSR count). The molecule has 4 nitrogen and oxygen atoms in total. The van der Waals surface area contributed by atoms with E-state index in [1.807, 2.05) is 29.2 Å². The van der Waals surface area contributed by atoms with E-state index in [1.54, 1.807) is 0 Å². The molecule has 21 heavy (non-hydrogen) atoms. The van der Waals surface area contributed by atoms with Crippen molar-refractivity contribution in [3.8, 4) is 5.75 Å². The van der Waals surface area contributed by atoms with Gasteiger partial charge in [0.2, 0.25) is 5.91 Å². The van der Waals surface area contributed by atoms with Crippen LogP contribution in [-0.2, 0) is 4.79 Å². The summed E-state index contributed by atoms with van der Waals surface area (Å²) in [7, 11) is 0. The maximum Gasteiger partial charge on any atom is 0.226 e. The number of likely N-dealkylation sites (tertiary alicyclic amines) is 1. The Morgan fingerprint density at radius 1 is 1.48 bits per heavy atom. The third-order valence-corrected chi connectivity index (χ3v) is 4.47. The van der Waals surface area contributed by atoms with Crippen LogP contribution < -0.4 is 10.5 Å². The van der Waals surface area contributed by atoms with E-state index < -0.39 is 0 Å². The molecule has 1 atom stereocenters. The number of carbonyl (C=O) groups excluding carboxylic acids is 1. The fourth-order valence-electron chi connectivity index (χ4n) is 2.37. The van der Waals surface area contributed by atoms with Crippen molar-refractivity contribution in [2.45, 2.75) is 19.8 Å². The minimum absolute atomic E-state index is 0. The van der Waals surface area contributed by atoms with Crippen molar-refractivity contribution < 1.29 is 9.53 Å². The minimum Gasteiger partial charge on any atom is -0.492 e. The van der Waals surface area contributed by atoms with Crippen LogP contribution in [0.4, 0.5) is 0 Å². The topological polar surface area (TPSA) is 55.6 Å². The molecule has 1 aromatic rings. The number of hydrogen-bond acceptors (Lipinski definition) is 3. The summed E-state index contributed by atoms with van der Waals surface area (Å²) in [5.41, 5.74) is 5.84. The second-order valence-electron chi connectivity index (χ2n) is 5.61. The molecule has 1 fully saturated rings. The Hall–Kier alpha value is -0.780. The van der Waals surface area contributed by atoms with Crippen molar-refractivity contribution in [1.82, 2.24) is 4.90 Å². The Morgan fingerprint density at radius 2 is 2.19 bits per heavy atom. The average molecular weight is 378 g/mol. The first-order valence-corrected chi connectivity index (χ1v) is 7.68.